The normalized spacial score (nSPS) is 20.7. The predicted molar refractivity (Wildman–Crippen MR) is 111 cm³/mol. The molecule has 0 spiro atoms. The van der Waals surface area contributed by atoms with Gasteiger partial charge in [0, 0.05) is 11.8 Å². The van der Waals surface area contributed by atoms with Gasteiger partial charge in [0.25, 0.3) is 0 Å². The van der Waals surface area contributed by atoms with Gasteiger partial charge in [-0.3, -0.25) is 0 Å². The first kappa shape index (κ1) is 18.3. The highest BCUT2D eigenvalue weighted by Crippen LogP contribution is 2.60. The zero-order valence-corrected chi connectivity index (χ0v) is 17.0. The van der Waals surface area contributed by atoms with Crippen LogP contribution in [0.3, 0.4) is 0 Å². The van der Waals surface area contributed by atoms with Crippen LogP contribution in [-0.4, -0.2) is 16.8 Å². The van der Waals surface area contributed by atoms with E-state index in [1.807, 2.05) is 24.3 Å². The van der Waals surface area contributed by atoms with E-state index in [-0.39, 0.29) is 19.6 Å². The molecule has 0 heterocycles. The summed E-state index contributed by atoms with van der Waals surface area (Å²) < 4.78 is 54.4. The van der Waals surface area contributed by atoms with Crippen molar-refractivity contribution >= 4 is 19.7 Å². The molecule has 2 bridgehead atoms. The highest BCUT2D eigenvalue weighted by Gasteiger charge is 2.52. The van der Waals surface area contributed by atoms with Gasteiger partial charge in [0.15, 0.2) is 0 Å². The molecule has 0 aliphatic heterocycles. The summed E-state index contributed by atoms with van der Waals surface area (Å²) >= 11 is 0. The minimum atomic E-state index is -3.95. The van der Waals surface area contributed by atoms with Crippen LogP contribution in [0.4, 0.5) is 0 Å². The van der Waals surface area contributed by atoms with Gasteiger partial charge in [-0.05, 0) is 41.8 Å². The van der Waals surface area contributed by atoms with E-state index in [1.165, 1.54) is 24.3 Å². The van der Waals surface area contributed by atoms with Crippen LogP contribution < -0.4 is 0 Å². The van der Waals surface area contributed by atoms with Crippen LogP contribution in [0, 0.1) is 0 Å². The van der Waals surface area contributed by atoms with Gasteiger partial charge in [0.2, 0.25) is 19.7 Å². The molecule has 0 aromatic heterocycles. The average Bonchev–Trinajstić information content (AvgIpc) is 3.33. The summed E-state index contributed by atoms with van der Waals surface area (Å²) in [6, 6.07) is 23.7. The van der Waals surface area contributed by atoms with Gasteiger partial charge in [0.05, 0.1) is 19.6 Å². The molecule has 0 radical (unpaired) electrons. The number of rotatable bonds is 4. The lowest BCUT2D eigenvalue weighted by atomic mass is 9.97. The Bertz CT molecular complexity index is 1240. The molecule has 2 aliphatic carbocycles. The first-order valence-corrected chi connectivity index (χ1v) is 12.3. The highest BCUT2D eigenvalue weighted by atomic mass is 32.2. The molecule has 0 saturated heterocycles. The highest BCUT2D eigenvalue weighted by molar-refractivity contribution is 7.99. The number of hydrogen-bond donors (Lipinski definition) is 0. The minimum absolute atomic E-state index is 0.0382. The smallest absolute Gasteiger partial charge is 0.204 e. The van der Waals surface area contributed by atoms with E-state index >= 15 is 0 Å². The Morgan fingerprint density at radius 1 is 0.517 bits per heavy atom. The van der Waals surface area contributed by atoms with Crippen molar-refractivity contribution in [2.75, 3.05) is 0 Å². The molecule has 0 amide bonds. The summed E-state index contributed by atoms with van der Waals surface area (Å²) in [4.78, 5) is 0.328. The van der Waals surface area contributed by atoms with Crippen molar-refractivity contribution in [3.63, 3.8) is 0 Å². The molecular weight excluding hydrogens is 404 g/mol. The fourth-order valence-electron chi connectivity index (χ4n) is 4.57. The lowest BCUT2D eigenvalue weighted by Gasteiger charge is -2.23. The van der Waals surface area contributed by atoms with Crippen LogP contribution >= 0.6 is 0 Å². The van der Waals surface area contributed by atoms with Gasteiger partial charge in [-0.15, -0.1) is 0 Å². The topological polar surface area (TPSA) is 68.3 Å². The Morgan fingerprint density at radius 2 is 0.862 bits per heavy atom. The van der Waals surface area contributed by atoms with E-state index < -0.39 is 31.5 Å². The summed E-state index contributed by atoms with van der Waals surface area (Å²) in [5.41, 5.74) is 1.83. The van der Waals surface area contributed by atoms with Gasteiger partial charge in [-0.2, -0.15) is 0 Å². The number of fused-ring (bicyclic) bond motifs is 5. The molecule has 29 heavy (non-hydrogen) atoms. The van der Waals surface area contributed by atoms with Gasteiger partial charge in [-0.1, -0.05) is 60.7 Å². The molecule has 0 N–H and O–H groups in total. The Balaban J connectivity index is 1.81. The summed E-state index contributed by atoms with van der Waals surface area (Å²) in [5, 5.41) is 0. The second-order valence-corrected chi connectivity index (χ2v) is 11.2. The molecule has 0 fully saturated rings. The molecule has 5 rings (SSSR count). The number of sulfone groups is 2. The van der Waals surface area contributed by atoms with Crippen LogP contribution in [0.1, 0.15) is 29.4 Å². The fourth-order valence-corrected chi connectivity index (χ4v) is 8.77. The van der Waals surface area contributed by atoms with E-state index in [4.69, 9.17) is 0 Å². The Labute approximate surface area is 170 Å². The van der Waals surface area contributed by atoms with E-state index in [2.05, 4.69) is 0 Å². The molecule has 4 nitrogen and oxygen atoms in total. The quantitative estimate of drug-likeness (QED) is 0.624. The van der Waals surface area contributed by atoms with Gasteiger partial charge < -0.3 is 0 Å². The largest absolute Gasteiger partial charge is 0.219 e. The fraction of sp³-hybridized carbons (Fsp3) is 0.130. The number of allylic oxidation sites excluding steroid dienone is 2. The molecule has 0 unspecified atom stereocenters. The molecule has 2 aliphatic rings. The van der Waals surface area contributed by atoms with E-state index in [1.54, 1.807) is 36.4 Å². The van der Waals surface area contributed by atoms with E-state index in [9.17, 15) is 16.8 Å². The Kier molecular flexibility index (Phi) is 4.05. The van der Waals surface area contributed by atoms with Crippen molar-refractivity contribution in [1.29, 1.82) is 0 Å². The molecule has 146 valence electrons. The summed E-state index contributed by atoms with van der Waals surface area (Å²) in [6.07, 6.45) is 0.474. The monoisotopic (exact) mass is 422 g/mol. The first-order valence-electron chi connectivity index (χ1n) is 9.35. The summed E-state index contributed by atoms with van der Waals surface area (Å²) in [7, 11) is -7.90. The molecule has 2 atom stereocenters. The van der Waals surface area contributed by atoms with E-state index in [0.29, 0.717) is 6.42 Å². The van der Waals surface area contributed by atoms with Gasteiger partial charge in [-0.25, -0.2) is 16.8 Å². The predicted octanol–water partition coefficient (Wildman–Crippen LogP) is 4.43. The lowest BCUT2D eigenvalue weighted by molar-refractivity contribution is 0.594. The SMILES string of the molecule is O=S(=O)(C1=C(S(=O)(=O)c2ccccc2)[C@@H]2C[C@H]1c1ccccc12)c1ccccc1. The molecule has 6 heteroatoms. The summed E-state index contributed by atoms with van der Waals surface area (Å²) in [6.45, 7) is 0. The lowest BCUT2D eigenvalue weighted by Crippen LogP contribution is -2.19. The van der Waals surface area contributed by atoms with Crippen molar-refractivity contribution in [3.8, 4) is 0 Å². The van der Waals surface area contributed by atoms with Crippen LogP contribution in [0.25, 0.3) is 0 Å². The standard InChI is InChI=1S/C23H18O4S2/c24-28(25,16-9-3-1-4-10-16)22-20-15-21(19-14-8-7-13-18(19)20)23(22)29(26,27)17-11-5-2-6-12-17/h1-14,20-21H,15H2/t20-,21+. The van der Waals surface area contributed by atoms with E-state index in [0.717, 1.165) is 11.1 Å². The second kappa shape index (κ2) is 6.40. The summed E-state index contributed by atoms with van der Waals surface area (Å²) in [5.74, 6) is -0.871. The third kappa shape index (κ3) is 2.63. The maximum Gasteiger partial charge on any atom is 0.204 e. The third-order valence-corrected chi connectivity index (χ3v) is 9.86. The zero-order valence-electron chi connectivity index (χ0n) is 15.4. The zero-order chi connectivity index (χ0) is 20.2. The van der Waals surface area contributed by atoms with Crippen LogP contribution in [0.15, 0.2) is 105 Å². The van der Waals surface area contributed by atoms with Crippen LogP contribution in [0.2, 0.25) is 0 Å². The van der Waals surface area contributed by atoms with Crippen LogP contribution in [-0.2, 0) is 19.7 Å². The molecule has 3 aromatic carbocycles. The molecule has 3 aromatic rings. The third-order valence-electron chi connectivity index (χ3n) is 5.78. The maximum absolute atomic E-state index is 13.6. The van der Waals surface area contributed by atoms with Crippen molar-refractivity contribution < 1.29 is 16.8 Å². The first-order chi connectivity index (χ1) is 13.9. The number of benzene rings is 3. The van der Waals surface area contributed by atoms with Crippen molar-refractivity contribution in [2.24, 2.45) is 0 Å². The average molecular weight is 423 g/mol. The van der Waals surface area contributed by atoms with Crippen LogP contribution in [0.5, 0.6) is 0 Å². The Morgan fingerprint density at radius 3 is 1.24 bits per heavy atom. The second-order valence-electron chi connectivity index (χ2n) is 7.33. The maximum atomic E-state index is 13.6. The van der Waals surface area contributed by atoms with Crippen molar-refractivity contribution in [1.82, 2.24) is 0 Å². The molecular formula is C23H18O4S2. The van der Waals surface area contributed by atoms with Gasteiger partial charge >= 0.3 is 0 Å². The minimum Gasteiger partial charge on any atom is -0.219 e. The van der Waals surface area contributed by atoms with Gasteiger partial charge in [0.1, 0.15) is 0 Å². The van der Waals surface area contributed by atoms with Crippen molar-refractivity contribution in [2.45, 2.75) is 28.0 Å². The van der Waals surface area contributed by atoms with Crippen molar-refractivity contribution in [3.05, 3.63) is 106 Å². The Hall–Kier alpha value is -2.70. The number of hydrogen-bond acceptors (Lipinski definition) is 4. The molecule has 0 saturated carbocycles.